The minimum atomic E-state index is -4.60. The van der Waals surface area contributed by atoms with E-state index in [1.54, 1.807) is 20.8 Å². The molecule has 0 saturated heterocycles. The fourth-order valence-electron chi connectivity index (χ4n) is 2.58. The van der Waals surface area contributed by atoms with Crippen molar-refractivity contribution in [3.63, 3.8) is 0 Å². The van der Waals surface area contributed by atoms with Crippen molar-refractivity contribution in [1.82, 2.24) is 19.7 Å². The number of nitriles is 1. The number of hydrogen-bond acceptors (Lipinski definition) is 7. The molecule has 29 heavy (non-hydrogen) atoms. The molecule has 3 rings (SSSR count). The van der Waals surface area contributed by atoms with Crippen molar-refractivity contribution in [2.45, 2.75) is 57.8 Å². The number of anilines is 3. The molecule has 2 heterocycles. The Hall–Kier alpha value is -3.16. The molecule has 1 fully saturated rings. The number of nitrogens with zero attached hydrogens (tertiary/aromatic N) is 5. The zero-order valence-electron chi connectivity index (χ0n) is 16.3. The summed E-state index contributed by atoms with van der Waals surface area (Å²) < 4.78 is 40.9. The number of hydrogen-bond donors (Lipinski definition) is 2. The maximum atomic E-state index is 13.3. The monoisotopic (exact) mass is 407 g/mol. The van der Waals surface area contributed by atoms with Gasteiger partial charge in [0.05, 0.1) is 17.5 Å². The minimum Gasteiger partial charge on any atom is -0.364 e. The second kappa shape index (κ2) is 6.72. The molecule has 2 aromatic rings. The van der Waals surface area contributed by atoms with Gasteiger partial charge in [-0.2, -0.15) is 28.5 Å². The van der Waals surface area contributed by atoms with Crippen LogP contribution in [0.3, 0.4) is 0 Å². The van der Waals surface area contributed by atoms with Crippen LogP contribution in [-0.2, 0) is 11.7 Å². The highest BCUT2D eigenvalue weighted by Crippen LogP contribution is 2.41. The molecule has 154 valence electrons. The van der Waals surface area contributed by atoms with Gasteiger partial charge in [-0.05, 0) is 40.5 Å². The number of aryl methyl sites for hydroxylation is 1. The summed E-state index contributed by atoms with van der Waals surface area (Å²) in [4.78, 5) is 20.1. The zero-order valence-corrected chi connectivity index (χ0v) is 16.3. The van der Waals surface area contributed by atoms with E-state index in [0.717, 1.165) is 17.5 Å². The van der Waals surface area contributed by atoms with Crippen molar-refractivity contribution >= 4 is 17.5 Å². The van der Waals surface area contributed by atoms with E-state index in [4.69, 9.17) is 0 Å². The van der Waals surface area contributed by atoms with E-state index in [1.165, 1.54) is 6.07 Å². The van der Waals surface area contributed by atoms with Crippen molar-refractivity contribution in [3.05, 3.63) is 33.9 Å². The van der Waals surface area contributed by atoms with Gasteiger partial charge in [-0.1, -0.05) is 0 Å². The van der Waals surface area contributed by atoms with Gasteiger partial charge >= 0.3 is 6.18 Å². The predicted molar refractivity (Wildman–Crippen MR) is 99.7 cm³/mol. The summed E-state index contributed by atoms with van der Waals surface area (Å²) in [6.45, 7) is 6.50. The van der Waals surface area contributed by atoms with E-state index in [0.29, 0.717) is 11.9 Å². The molecule has 0 bridgehead atoms. The van der Waals surface area contributed by atoms with Gasteiger partial charge in [-0.25, -0.2) is 9.67 Å². The molecule has 1 saturated carbocycles. The Balaban J connectivity index is 1.96. The topological polar surface area (TPSA) is 109 Å². The maximum absolute atomic E-state index is 13.3. The van der Waals surface area contributed by atoms with E-state index < -0.39 is 28.4 Å². The highest BCUT2D eigenvalue weighted by Gasteiger charge is 2.42. The molecule has 11 heteroatoms. The van der Waals surface area contributed by atoms with Crippen LogP contribution in [0.25, 0.3) is 0 Å². The number of nitrogens with one attached hydrogen (secondary N) is 2. The third kappa shape index (κ3) is 4.31. The quantitative estimate of drug-likeness (QED) is 0.783. The van der Waals surface area contributed by atoms with Gasteiger partial charge in [-0.3, -0.25) is 4.79 Å². The molecule has 2 N–H and O–H groups in total. The first kappa shape index (κ1) is 20.6. The van der Waals surface area contributed by atoms with Crippen molar-refractivity contribution in [2.75, 3.05) is 10.6 Å². The van der Waals surface area contributed by atoms with Crippen LogP contribution in [0.15, 0.2) is 17.1 Å². The average molecular weight is 407 g/mol. The summed E-state index contributed by atoms with van der Waals surface area (Å²) in [6.07, 6.45) is -2.42. The van der Waals surface area contributed by atoms with Crippen LogP contribution in [0.2, 0.25) is 0 Å². The highest BCUT2D eigenvalue weighted by molar-refractivity contribution is 5.58. The number of halogens is 3. The summed E-state index contributed by atoms with van der Waals surface area (Å²) in [5.41, 5.74) is -2.48. The van der Waals surface area contributed by atoms with Crippen molar-refractivity contribution in [1.29, 1.82) is 5.26 Å². The standard InChI is InChI=1S/C18H20F3N7O/c1-10-12(7-13(29)28(27-10)16(2,3)9-22)24-15-23-8-11(18(19,20)21)14(25-15)26-17(4)5-6-17/h7-8H,5-6H2,1-4H3,(H2,23,24,25,26). The van der Waals surface area contributed by atoms with Gasteiger partial charge in [0.25, 0.3) is 5.56 Å². The van der Waals surface area contributed by atoms with Crippen LogP contribution in [-0.4, -0.2) is 25.3 Å². The lowest BCUT2D eigenvalue weighted by molar-refractivity contribution is -0.137. The molecule has 0 aromatic carbocycles. The summed E-state index contributed by atoms with van der Waals surface area (Å²) in [5, 5.41) is 18.9. The fraction of sp³-hybridized carbons (Fsp3) is 0.500. The number of alkyl halides is 3. The lowest BCUT2D eigenvalue weighted by Gasteiger charge is -2.20. The third-order valence-corrected chi connectivity index (χ3v) is 4.68. The second-order valence-corrected chi connectivity index (χ2v) is 7.83. The molecule has 0 amide bonds. The SMILES string of the molecule is Cc1nn(C(C)(C)C#N)c(=O)cc1Nc1ncc(C(F)(F)F)c(NC2(C)CC2)n1. The second-order valence-electron chi connectivity index (χ2n) is 7.83. The average Bonchev–Trinajstić information content (AvgIpc) is 3.33. The third-order valence-electron chi connectivity index (χ3n) is 4.68. The Bertz CT molecular complexity index is 1050. The summed E-state index contributed by atoms with van der Waals surface area (Å²) >= 11 is 0. The van der Waals surface area contributed by atoms with E-state index in [9.17, 15) is 23.2 Å². The first-order valence-corrected chi connectivity index (χ1v) is 8.87. The predicted octanol–water partition coefficient (Wildman–Crippen LogP) is 3.33. The van der Waals surface area contributed by atoms with Crippen molar-refractivity contribution < 1.29 is 13.2 Å². The lowest BCUT2D eigenvalue weighted by Crippen LogP contribution is -2.37. The van der Waals surface area contributed by atoms with Gasteiger partial charge in [-0.15, -0.1) is 0 Å². The molecule has 1 aliphatic carbocycles. The van der Waals surface area contributed by atoms with Gasteiger partial charge in [0.1, 0.15) is 16.9 Å². The molecule has 0 spiro atoms. The van der Waals surface area contributed by atoms with E-state index in [-0.39, 0.29) is 17.5 Å². The largest absolute Gasteiger partial charge is 0.421 e. The molecule has 0 atom stereocenters. The van der Waals surface area contributed by atoms with Crippen LogP contribution in [0.1, 0.15) is 44.9 Å². The van der Waals surface area contributed by atoms with E-state index in [2.05, 4.69) is 25.7 Å². The minimum absolute atomic E-state index is 0.105. The Morgan fingerprint density at radius 1 is 1.31 bits per heavy atom. The summed E-state index contributed by atoms with van der Waals surface area (Å²) in [7, 11) is 0. The Kier molecular flexibility index (Phi) is 4.77. The molecular weight excluding hydrogens is 387 g/mol. The number of rotatable bonds is 5. The van der Waals surface area contributed by atoms with Crippen molar-refractivity contribution in [2.24, 2.45) is 0 Å². The normalized spacial score (nSPS) is 15.5. The zero-order chi connectivity index (χ0) is 21.6. The van der Waals surface area contributed by atoms with Crippen LogP contribution in [0.4, 0.5) is 30.6 Å². The van der Waals surface area contributed by atoms with Crippen LogP contribution < -0.4 is 16.2 Å². The molecule has 0 aliphatic heterocycles. The Morgan fingerprint density at radius 2 is 1.97 bits per heavy atom. The van der Waals surface area contributed by atoms with E-state index in [1.807, 2.05) is 13.0 Å². The molecule has 0 unspecified atom stereocenters. The fourth-order valence-corrected chi connectivity index (χ4v) is 2.58. The van der Waals surface area contributed by atoms with Crippen LogP contribution in [0, 0.1) is 18.3 Å². The van der Waals surface area contributed by atoms with Gasteiger partial charge < -0.3 is 10.6 Å². The van der Waals surface area contributed by atoms with Crippen LogP contribution in [0.5, 0.6) is 0 Å². The van der Waals surface area contributed by atoms with Gasteiger partial charge in [0.2, 0.25) is 5.95 Å². The van der Waals surface area contributed by atoms with Crippen LogP contribution >= 0.6 is 0 Å². The lowest BCUT2D eigenvalue weighted by atomic mass is 10.1. The number of aromatic nitrogens is 4. The first-order chi connectivity index (χ1) is 13.3. The van der Waals surface area contributed by atoms with Crippen molar-refractivity contribution in [3.8, 4) is 6.07 Å². The smallest absolute Gasteiger partial charge is 0.364 e. The molecular formula is C18H20F3N7O. The molecule has 8 nitrogen and oxygen atoms in total. The summed E-state index contributed by atoms with van der Waals surface area (Å²) in [6, 6.07) is 3.20. The summed E-state index contributed by atoms with van der Waals surface area (Å²) in [5.74, 6) is -0.425. The Morgan fingerprint density at radius 3 is 2.52 bits per heavy atom. The molecule has 2 aromatic heterocycles. The maximum Gasteiger partial charge on any atom is 0.421 e. The first-order valence-electron chi connectivity index (χ1n) is 8.87. The Labute approximate surface area is 164 Å². The molecule has 1 aliphatic rings. The highest BCUT2D eigenvalue weighted by atomic mass is 19.4. The van der Waals surface area contributed by atoms with E-state index >= 15 is 0 Å². The molecule has 0 radical (unpaired) electrons. The van der Waals surface area contributed by atoms with Gasteiger partial charge in [0.15, 0.2) is 0 Å². The van der Waals surface area contributed by atoms with Gasteiger partial charge in [0, 0.05) is 17.8 Å².